The molecule has 0 spiro atoms. The number of hydrogen-bond acceptors (Lipinski definition) is 8. The number of nitrogens with zero attached hydrogens (tertiary/aromatic N) is 4. The largest absolute Gasteiger partial charge is 0.392 e. The van der Waals surface area contributed by atoms with Crippen LogP contribution in [0.4, 0.5) is 0 Å². The molecular weight excluding hydrogens is 474 g/mol. The minimum absolute atomic E-state index is 0.0169. The van der Waals surface area contributed by atoms with Gasteiger partial charge in [0.25, 0.3) is 0 Å². The lowest BCUT2D eigenvalue weighted by molar-refractivity contribution is -0.245. The van der Waals surface area contributed by atoms with Gasteiger partial charge in [0.1, 0.15) is 0 Å². The Balaban J connectivity index is 1.36. The second-order valence-corrected chi connectivity index (χ2v) is 9.76. The zero-order valence-corrected chi connectivity index (χ0v) is 20.8. The molecule has 3 N–H and O–H groups in total. The molecule has 1 saturated heterocycles. The molecule has 0 amide bonds. The highest BCUT2D eigenvalue weighted by Gasteiger charge is 2.32. The minimum atomic E-state index is -0.506. The highest BCUT2D eigenvalue weighted by atomic mass is 32.2. The minimum Gasteiger partial charge on any atom is -0.392 e. The number of aliphatic hydroxyl groups excluding tert-OH is 1. The van der Waals surface area contributed by atoms with Gasteiger partial charge in [0.05, 0.1) is 18.8 Å². The van der Waals surface area contributed by atoms with E-state index in [1.165, 1.54) is 0 Å². The Morgan fingerprint density at radius 3 is 2.44 bits per heavy atom. The van der Waals surface area contributed by atoms with Crippen LogP contribution in [-0.2, 0) is 29.7 Å². The predicted octanol–water partition coefficient (Wildman–Crippen LogP) is 4.17. The summed E-state index contributed by atoms with van der Waals surface area (Å²) < 4.78 is 14.5. The molecule has 0 bridgehead atoms. The molecule has 1 aliphatic rings. The second-order valence-electron chi connectivity index (χ2n) is 8.77. The Labute approximate surface area is 214 Å². The first-order chi connectivity index (χ1) is 17.6. The molecule has 3 unspecified atom stereocenters. The van der Waals surface area contributed by atoms with Gasteiger partial charge in [-0.15, -0.1) is 5.10 Å². The number of ether oxygens (including phenoxy) is 2. The van der Waals surface area contributed by atoms with Gasteiger partial charge in [0, 0.05) is 31.3 Å². The van der Waals surface area contributed by atoms with Gasteiger partial charge in [-0.1, -0.05) is 78.5 Å². The second kappa shape index (κ2) is 11.3. The lowest BCUT2D eigenvalue weighted by Crippen LogP contribution is -2.31. The maximum absolute atomic E-state index is 9.41. The van der Waals surface area contributed by atoms with Crippen molar-refractivity contribution in [3.63, 3.8) is 0 Å². The fourth-order valence-electron chi connectivity index (χ4n) is 4.24. The van der Waals surface area contributed by atoms with E-state index in [9.17, 15) is 5.11 Å². The summed E-state index contributed by atoms with van der Waals surface area (Å²) in [7, 11) is 1.83. The monoisotopic (exact) mass is 503 g/mol. The number of hydrogen-bond donors (Lipinski definition) is 2. The van der Waals surface area contributed by atoms with Crippen molar-refractivity contribution in [1.82, 2.24) is 20.2 Å². The SMILES string of the molecule is Cn1nnnc1SCC1CC(c2ccc(CO)cc2)OC(c2ccc(-c3cccc(CN)c3)cc2)O1. The summed E-state index contributed by atoms with van der Waals surface area (Å²) in [4.78, 5) is 0. The van der Waals surface area contributed by atoms with E-state index in [1.54, 1.807) is 16.4 Å². The third-order valence-electron chi connectivity index (χ3n) is 6.27. The van der Waals surface area contributed by atoms with Crippen LogP contribution in [0, 0.1) is 0 Å². The molecule has 9 heteroatoms. The number of nitrogens with two attached hydrogens (primary N) is 1. The number of aliphatic hydroxyl groups is 1. The van der Waals surface area contributed by atoms with E-state index < -0.39 is 6.29 Å². The van der Waals surface area contributed by atoms with Crippen LogP contribution in [-0.4, -0.2) is 37.2 Å². The van der Waals surface area contributed by atoms with Crippen LogP contribution in [0.25, 0.3) is 11.1 Å². The summed E-state index contributed by atoms with van der Waals surface area (Å²) in [6.45, 7) is 0.531. The number of aromatic nitrogens is 4. The summed E-state index contributed by atoms with van der Waals surface area (Å²) in [5.41, 5.74) is 12.0. The molecular formula is C27H29N5O3S. The molecule has 0 aliphatic carbocycles. The van der Waals surface area contributed by atoms with Crippen LogP contribution in [0.3, 0.4) is 0 Å². The van der Waals surface area contributed by atoms with Gasteiger partial charge in [0.2, 0.25) is 5.16 Å². The van der Waals surface area contributed by atoms with E-state index in [0.29, 0.717) is 18.7 Å². The Morgan fingerprint density at radius 1 is 0.972 bits per heavy atom. The first-order valence-corrected chi connectivity index (χ1v) is 12.9. The van der Waals surface area contributed by atoms with Crippen molar-refractivity contribution in [1.29, 1.82) is 0 Å². The molecule has 0 radical (unpaired) electrons. The molecule has 5 rings (SSSR count). The first kappa shape index (κ1) is 24.6. The van der Waals surface area contributed by atoms with Gasteiger partial charge in [-0.2, -0.15) is 0 Å². The topological polar surface area (TPSA) is 108 Å². The zero-order valence-electron chi connectivity index (χ0n) is 20.0. The molecule has 1 aliphatic heterocycles. The van der Waals surface area contributed by atoms with E-state index in [2.05, 4.69) is 51.9 Å². The van der Waals surface area contributed by atoms with E-state index in [-0.39, 0.29) is 18.8 Å². The summed E-state index contributed by atoms with van der Waals surface area (Å²) in [5, 5.41) is 21.9. The van der Waals surface area contributed by atoms with E-state index >= 15 is 0 Å². The van der Waals surface area contributed by atoms with E-state index in [1.807, 2.05) is 43.4 Å². The molecule has 3 atom stereocenters. The molecule has 1 aromatic heterocycles. The van der Waals surface area contributed by atoms with Crippen LogP contribution in [0.15, 0.2) is 78.0 Å². The van der Waals surface area contributed by atoms with Crippen LogP contribution >= 0.6 is 11.8 Å². The van der Waals surface area contributed by atoms with Crippen molar-refractivity contribution >= 4 is 11.8 Å². The smallest absolute Gasteiger partial charge is 0.209 e. The lowest BCUT2D eigenvalue weighted by atomic mass is 9.99. The fourth-order valence-corrected chi connectivity index (χ4v) is 5.11. The fraction of sp³-hybridized carbons (Fsp3) is 0.296. The number of tetrazole rings is 1. The molecule has 1 fully saturated rings. The molecule has 0 saturated carbocycles. The number of rotatable bonds is 8. The van der Waals surface area contributed by atoms with Crippen molar-refractivity contribution < 1.29 is 14.6 Å². The van der Waals surface area contributed by atoms with E-state index in [4.69, 9.17) is 15.2 Å². The van der Waals surface area contributed by atoms with Crippen LogP contribution in [0.2, 0.25) is 0 Å². The Hall–Kier alpha value is -3.08. The predicted molar refractivity (Wildman–Crippen MR) is 138 cm³/mol. The summed E-state index contributed by atoms with van der Waals surface area (Å²) in [6, 6.07) is 24.5. The molecule has 4 aromatic rings. The summed E-state index contributed by atoms with van der Waals surface area (Å²) in [6.07, 6.45) is 0.000408. The van der Waals surface area contributed by atoms with Gasteiger partial charge < -0.3 is 20.3 Å². The quantitative estimate of drug-likeness (QED) is 0.345. The zero-order chi connectivity index (χ0) is 24.9. The third kappa shape index (κ3) is 5.66. The number of benzene rings is 3. The van der Waals surface area contributed by atoms with Crippen LogP contribution in [0.5, 0.6) is 0 Å². The summed E-state index contributed by atoms with van der Waals surface area (Å²) >= 11 is 1.57. The van der Waals surface area contributed by atoms with Crippen molar-refractivity contribution in [3.05, 3.63) is 95.1 Å². The van der Waals surface area contributed by atoms with E-state index in [0.717, 1.165) is 38.5 Å². The van der Waals surface area contributed by atoms with Crippen LogP contribution in [0.1, 0.15) is 41.1 Å². The van der Waals surface area contributed by atoms with Gasteiger partial charge in [0.15, 0.2) is 6.29 Å². The standard InChI is InChI=1S/C27H29N5O3S/c1-32-27(29-30-31-32)36-17-24-14-25(21-7-5-18(16-33)6-8-21)35-26(34-24)22-11-9-20(10-12-22)23-4-2-3-19(13-23)15-28/h2-13,24-26,33H,14-17,28H2,1H3. The Kier molecular flexibility index (Phi) is 7.74. The number of thioether (sulfide) groups is 1. The molecule has 186 valence electrons. The van der Waals surface area contributed by atoms with Crippen molar-refractivity contribution in [2.24, 2.45) is 12.8 Å². The average molecular weight is 504 g/mol. The maximum Gasteiger partial charge on any atom is 0.209 e. The third-order valence-corrected chi connectivity index (χ3v) is 7.42. The highest BCUT2D eigenvalue weighted by molar-refractivity contribution is 7.99. The van der Waals surface area contributed by atoms with Crippen molar-refractivity contribution in [2.45, 2.75) is 43.2 Å². The molecule has 3 aromatic carbocycles. The number of aryl methyl sites for hydroxylation is 1. The lowest BCUT2D eigenvalue weighted by Gasteiger charge is -2.36. The highest BCUT2D eigenvalue weighted by Crippen LogP contribution is 2.39. The Bertz CT molecular complexity index is 1280. The van der Waals surface area contributed by atoms with Gasteiger partial charge in [-0.3, -0.25) is 0 Å². The normalized spacial score (nSPS) is 19.9. The average Bonchev–Trinajstić information content (AvgIpc) is 3.36. The summed E-state index contributed by atoms with van der Waals surface area (Å²) in [5.74, 6) is 0.698. The molecule has 36 heavy (non-hydrogen) atoms. The van der Waals surface area contributed by atoms with Gasteiger partial charge in [-0.25, -0.2) is 4.68 Å². The first-order valence-electron chi connectivity index (χ1n) is 11.9. The Morgan fingerprint density at radius 2 is 1.75 bits per heavy atom. The van der Waals surface area contributed by atoms with Crippen molar-refractivity contribution in [3.8, 4) is 11.1 Å². The maximum atomic E-state index is 9.41. The molecule has 8 nitrogen and oxygen atoms in total. The van der Waals surface area contributed by atoms with Gasteiger partial charge in [-0.05, 0) is 44.3 Å². The molecule has 2 heterocycles. The van der Waals surface area contributed by atoms with Gasteiger partial charge >= 0.3 is 0 Å². The van der Waals surface area contributed by atoms with Crippen molar-refractivity contribution in [2.75, 3.05) is 5.75 Å². The van der Waals surface area contributed by atoms with Crippen LogP contribution < -0.4 is 5.73 Å².